The summed E-state index contributed by atoms with van der Waals surface area (Å²) in [5.41, 5.74) is 0.302. The number of nitrogens with one attached hydrogen (secondary N) is 1. The molecule has 0 heterocycles. The monoisotopic (exact) mass is 229 g/mol. The lowest BCUT2D eigenvalue weighted by Crippen LogP contribution is -2.31. The number of halogens is 2. The molecule has 1 aromatic carbocycles. The zero-order valence-electron chi connectivity index (χ0n) is 9.76. The molecule has 0 aliphatic rings. The zero-order chi connectivity index (χ0) is 12.1. The highest BCUT2D eigenvalue weighted by Crippen LogP contribution is 2.24. The van der Waals surface area contributed by atoms with Crippen molar-refractivity contribution in [2.24, 2.45) is 0 Å². The Morgan fingerprint density at radius 2 is 2.06 bits per heavy atom. The third-order valence-electron chi connectivity index (χ3n) is 2.70. The van der Waals surface area contributed by atoms with Crippen LogP contribution in [0.25, 0.3) is 0 Å². The van der Waals surface area contributed by atoms with Crippen molar-refractivity contribution in [2.75, 3.05) is 14.2 Å². The Kier molecular flexibility index (Phi) is 4.83. The van der Waals surface area contributed by atoms with E-state index in [2.05, 4.69) is 5.32 Å². The number of benzene rings is 1. The summed E-state index contributed by atoms with van der Waals surface area (Å²) in [6, 6.07) is 3.84. The first-order valence-electron chi connectivity index (χ1n) is 5.29. The predicted molar refractivity (Wildman–Crippen MR) is 59.2 cm³/mol. The molecule has 0 radical (unpaired) electrons. The third-order valence-corrected chi connectivity index (χ3v) is 2.70. The fourth-order valence-corrected chi connectivity index (χ4v) is 1.84. The Labute approximate surface area is 94.6 Å². The van der Waals surface area contributed by atoms with E-state index in [-0.39, 0.29) is 12.1 Å². The number of methoxy groups -OCH3 is 1. The fourth-order valence-electron chi connectivity index (χ4n) is 1.84. The molecule has 0 aliphatic heterocycles. The molecule has 1 N–H and O–H groups in total. The minimum absolute atomic E-state index is 0.179. The summed E-state index contributed by atoms with van der Waals surface area (Å²) in [6.07, 6.45) is 0.541. The van der Waals surface area contributed by atoms with Gasteiger partial charge in [-0.2, -0.15) is 0 Å². The number of hydrogen-bond donors (Lipinski definition) is 1. The van der Waals surface area contributed by atoms with Crippen LogP contribution in [0.4, 0.5) is 8.78 Å². The summed E-state index contributed by atoms with van der Waals surface area (Å²) in [4.78, 5) is 0. The lowest BCUT2D eigenvalue weighted by molar-refractivity contribution is 0.0662. The van der Waals surface area contributed by atoms with Gasteiger partial charge >= 0.3 is 0 Å². The topological polar surface area (TPSA) is 21.3 Å². The standard InChI is InChI=1S/C12H17F2NO/c1-4-10(16-3)12(15-2)8-6-5-7-9(13)11(8)14/h5-7,10,12,15H,4H2,1-3H3. The van der Waals surface area contributed by atoms with Gasteiger partial charge in [0.05, 0.1) is 12.1 Å². The highest BCUT2D eigenvalue weighted by molar-refractivity contribution is 5.23. The Hall–Kier alpha value is -1.00. The Morgan fingerprint density at radius 1 is 1.38 bits per heavy atom. The van der Waals surface area contributed by atoms with Crippen LogP contribution >= 0.6 is 0 Å². The normalized spacial score (nSPS) is 14.8. The Balaban J connectivity index is 3.07. The molecule has 0 saturated carbocycles. The molecule has 2 nitrogen and oxygen atoms in total. The second-order valence-electron chi connectivity index (χ2n) is 3.59. The molecule has 1 aromatic rings. The maximum Gasteiger partial charge on any atom is 0.163 e. The number of likely N-dealkylation sites (N-methyl/N-ethyl adjacent to an activating group) is 1. The van der Waals surface area contributed by atoms with Gasteiger partial charge in [-0.05, 0) is 19.5 Å². The van der Waals surface area contributed by atoms with Crippen molar-refractivity contribution in [3.63, 3.8) is 0 Å². The van der Waals surface area contributed by atoms with E-state index in [1.54, 1.807) is 20.2 Å². The van der Waals surface area contributed by atoms with Crippen LogP contribution in [0.1, 0.15) is 24.9 Å². The maximum atomic E-state index is 13.6. The van der Waals surface area contributed by atoms with Gasteiger partial charge in [-0.1, -0.05) is 19.1 Å². The fraction of sp³-hybridized carbons (Fsp3) is 0.500. The van der Waals surface area contributed by atoms with E-state index in [0.29, 0.717) is 5.56 Å². The minimum atomic E-state index is -0.830. The van der Waals surface area contributed by atoms with Crippen LogP contribution < -0.4 is 5.32 Å². The second-order valence-corrected chi connectivity index (χ2v) is 3.59. The van der Waals surface area contributed by atoms with Crippen molar-refractivity contribution >= 4 is 0 Å². The molecule has 90 valence electrons. The molecule has 0 fully saturated rings. The first-order chi connectivity index (χ1) is 7.65. The quantitative estimate of drug-likeness (QED) is 0.838. The van der Waals surface area contributed by atoms with Crippen LogP contribution in [-0.2, 0) is 4.74 Å². The molecule has 2 unspecified atom stereocenters. The highest BCUT2D eigenvalue weighted by atomic mass is 19.2. The highest BCUT2D eigenvalue weighted by Gasteiger charge is 2.24. The molecule has 16 heavy (non-hydrogen) atoms. The predicted octanol–water partition coefficient (Wildman–Crippen LogP) is 2.65. The van der Waals surface area contributed by atoms with E-state index in [9.17, 15) is 8.78 Å². The summed E-state index contributed by atoms with van der Waals surface area (Å²) in [6.45, 7) is 1.94. The van der Waals surface area contributed by atoms with E-state index >= 15 is 0 Å². The van der Waals surface area contributed by atoms with Gasteiger partial charge in [0.15, 0.2) is 11.6 Å². The summed E-state index contributed by atoms with van der Waals surface area (Å²) < 4.78 is 32.0. The van der Waals surface area contributed by atoms with Crippen LogP contribution in [0.3, 0.4) is 0 Å². The average molecular weight is 229 g/mol. The molecular weight excluding hydrogens is 212 g/mol. The van der Waals surface area contributed by atoms with E-state index < -0.39 is 11.6 Å². The van der Waals surface area contributed by atoms with Gasteiger partial charge in [0.25, 0.3) is 0 Å². The molecule has 2 atom stereocenters. The number of rotatable bonds is 5. The van der Waals surface area contributed by atoms with Gasteiger partial charge in [-0.25, -0.2) is 8.78 Å². The molecule has 0 aromatic heterocycles. The second kappa shape index (κ2) is 5.92. The van der Waals surface area contributed by atoms with Gasteiger partial charge in [0.2, 0.25) is 0 Å². The van der Waals surface area contributed by atoms with Crippen LogP contribution in [0.15, 0.2) is 18.2 Å². The van der Waals surface area contributed by atoms with E-state index in [1.807, 2.05) is 6.92 Å². The first kappa shape index (κ1) is 13.1. The maximum absolute atomic E-state index is 13.6. The van der Waals surface area contributed by atoms with Gasteiger partial charge in [-0.15, -0.1) is 0 Å². The van der Waals surface area contributed by atoms with Crippen LogP contribution in [-0.4, -0.2) is 20.3 Å². The molecule has 0 amide bonds. The minimum Gasteiger partial charge on any atom is -0.379 e. The molecule has 1 rings (SSSR count). The van der Waals surface area contributed by atoms with Crippen molar-refractivity contribution in [2.45, 2.75) is 25.5 Å². The molecule has 0 spiro atoms. The van der Waals surface area contributed by atoms with Gasteiger partial charge in [-0.3, -0.25) is 0 Å². The van der Waals surface area contributed by atoms with Crippen molar-refractivity contribution < 1.29 is 13.5 Å². The van der Waals surface area contributed by atoms with Crippen molar-refractivity contribution in [1.29, 1.82) is 0 Å². The summed E-state index contributed by atoms with van der Waals surface area (Å²) in [5.74, 6) is -1.64. The first-order valence-corrected chi connectivity index (χ1v) is 5.29. The summed E-state index contributed by atoms with van der Waals surface area (Å²) in [7, 11) is 3.27. The van der Waals surface area contributed by atoms with E-state index in [0.717, 1.165) is 12.5 Å². The van der Waals surface area contributed by atoms with E-state index in [4.69, 9.17) is 4.74 Å². The van der Waals surface area contributed by atoms with Gasteiger partial charge in [0, 0.05) is 12.7 Å². The SMILES string of the molecule is CCC(OC)C(NC)c1cccc(F)c1F. The molecule has 4 heteroatoms. The number of ether oxygens (including phenoxy) is 1. The van der Waals surface area contributed by atoms with Crippen LogP contribution in [0.5, 0.6) is 0 Å². The smallest absolute Gasteiger partial charge is 0.163 e. The van der Waals surface area contributed by atoms with Gasteiger partial charge in [0.1, 0.15) is 0 Å². The lowest BCUT2D eigenvalue weighted by atomic mass is 9.99. The van der Waals surface area contributed by atoms with Crippen molar-refractivity contribution in [1.82, 2.24) is 5.32 Å². The Bertz CT molecular complexity index is 340. The van der Waals surface area contributed by atoms with E-state index in [1.165, 1.54) is 6.07 Å². The summed E-state index contributed by atoms with van der Waals surface area (Å²) in [5, 5.41) is 2.96. The Morgan fingerprint density at radius 3 is 2.56 bits per heavy atom. The molecule has 0 aliphatic carbocycles. The zero-order valence-corrected chi connectivity index (χ0v) is 9.76. The van der Waals surface area contributed by atoms with Crippen molar-refractivity contribution in [3.05, 3.63) is 35.4 Å². The van der Waals surface area contributed by atoms with Gasteiger partial charge < -0.3 is 10.1 Å². The average Bonchev–Trinajstić information content (AvgIpc) is 2.30. The van der Waals surface area contributed by atoms with Crippen LogP contribution in [0, 0.1) is 11.6 Å². The number of hydrogen-bond acceptors (Lipinski definition) is 2. The lowest BCUT2D eigenvalue weighted by Gasteiger charge is -2.25. The van der Waals surface area contributed by atoms with Crippen LogP contribution in [0.2, 0.25) is 0 Å². The third kappa shape index (κ3) is 2.57. The molecular formula is C12H17F2NO. The molecule has 0 saturated heterocycles. The molecule has 0 bridgehead atoms. The van der Waals surface area contributed by atoms with Crippen molar-refractivity contribution in [3.8, 4) is 0 Å². The summed E-state index contributed by atoms with van der Waals surface area (Å²) >= 11 is 0. The largest absolute Gasteiger partial charge is 0.379 e.